The Morgan fingerprint density at radius 2 is 1.85 bits per heavy atom. The molecule has 11 heteroatoms. The number of fused-ring (bicyclic) bond motifs is 1. The molecule has 3 heterocycles. The summed E-state index contributed by atoms with van der Waals surface area (Å²) in [5.74, 6) is -0.0584. The molecule has 1 aromatic carbocycles. The number of carbonyl (C=O) groups excluding carboxylic acids is 1. The van der Waals surface area contributed by atoms with Gasteiger partial charge in [-0.25, -0.2) is 9.78 Å². The first-order chi connectivity index (χ1) is 16.4. The van der Waals surface area contributed by atoms with E-state index >= 15 is 0 Å². The average molecular weight is 489 g/mol. The van der Waals surface area contributed by atoms with Gasteiger partial charge in [0, 0.05) is 51.7 Å². The van der Waals surface area contributed by atoms with Gasteiger partial charge in [0.05, 0.1) is 25.6 Å². The number of imidazole rings is 1. The summed E-state index contributed by atoms with van der Waals surface area (Å²) in [5.41, 5.74) is 0.987. The van der Waals surface area contributed by atoms with Crippen LogP contribution >= 0.6 is 11.6 Å². The average Bonchev–Trinajstić information content (AvgIpc) is 3.27. The van der Waals surface area contributed by atoms with Gasteiger partial charge < -0.3 is 14.6 Å². The van der Waals surface area contributed by atoms with Crippen molar-refractivity contribution in [2.24, 2.45) is 14.1 Å². The molecule has 0 spiro atoms. The molecule has 0 aliphatic carbocycles. The topological polar surface area (TPSA) is 103 Å². The first-order valence-electron chi connectivity index (χ1n) is 11.3. The Hall–Kier alpha value is -2.95. The van der Waals surface area contributed by atoms with E-state index in [1.807, 2.05) is 24.3 Å². The van der Waals surface area contributed by atoms with Crippen molar-refractivity contribution in [3.63, 3.8) is 0 Å². The summed E-state index contributed by atoms with van der Waals surface area (Å²) in [6, 6.07) is 7.75. The molecule has 182 valence electrons. The van der Waals surface area contributed by atoms with Gasteiger partial charge in [0.1, 0.15) is 0 Å². The summed E-state index contributed by atoms with van der Waals surface area (Å²) >= 11 is 6.05. The van der Waals surface area contributed by atoms with Crippen molar-refractivity contribution in [2.75, 3.05) is 32.8 Å². The lowest BCUT2D eigenvalue weighted by molar-refractivity contribution is -0.121. The Morgan fingerprint density at radius 3 is 2.56 bits per heavy atom. The van der Waals surface area contributed by atoms with Crippen molar-refractivity contribution >= 4 is 28.7 Å². The van der Waals surface area contributed by atoms with Crippen LogP contribution in [0.5, 0.6) is 0 Å². The van der Waals surface area contributed by atoms with E-state index in [1.54, 1.807) is 17.9 Å². The van der Waals surface area contributed by atoms with E-state index in [4.69, 9.17) is 16.3 Å². The van der Waals surface area contributed by atoms with Crippen molar-refractivity contribution in [1.82, 2.24) is 28.9 Å². The number of rotatable bonds is 8. The Balaban J connectivity index is 1.37. The lowest BCUT2D eigenvalue weighted by Crippen LogP contribution is -2.43. The Bertz CT molecular complexity index is 1270. The van der Waals surface area contributed by atoms with E-state index in [0.29, 0.717) is 55.3 Å². The molecule has 4 rings (SSSR count). The van der Waals surface area contributed by atoms with Gasteiger partial charge in [0.2, 0.25) is 5.91 Å². The number of nitrogens with one attached hydrogen (secondary N) is 1. The molecule has 1 N–H and O–H groups in total. The van der Waals surface area contributed by atoms with E-state index in [1.165, 1.54) is 11.6 Å². The Morgan fingerprint density at radius 1 is 1.15 bits per heavy atom. The molecule has 1 amide bonds. The highest BCUT2D eigenvalue weighted by Gasteiger charge is 2.23. The first-order valence-corrected chi connectivity index (χ1v) is 11.7. The van der Waals surface area contributed by atoms with Crippen molar-refractivity contribution < 1.29 is 9.53 Å². The second-order valence-corrected chi connectivity index (χ2v) is 8.88. The Labute approximate surface area is 201 Å². The summed E-state index contributed by atoms with van der Waals surface area (Å²) in [4.78, 5) is 43.8. The summed E-state index contributed by atoms with van der Waals surface area (Å²) in [6.07, 6.45) is 2.38. The third kappa shape index (κ3) is 5.08. The van der Waals surface area contributed by atoms with Crippen molar-refractivity contribution in [3.05, 3.63) is 62.0 Å². The van der Waals surface area contributed by atoms with Gasteiger partial charge in [0.15, 0.2) is 11.2 Å². The molecule has 10 nitrogen and oxygen atoms in total. The van der Waals surface area contributed by atoms with Crippen LogP contribution in [0.25, 0.3) is 11.2 Å². The zero-order valence-electron chi connectivity index (χ0n) is 19.4. The molecular formula is C23H29ClN6O4. The second-order valence-electron chi connectivity index (χ2n) is 8.44. The molecule has 1 atom stereocenters. The number of ether oxygens (including phenoxy) is 1. The van der Waals surface area contributed by atoms with Gasteiger partial charge in [0.25, 0.3) is 5.56 Å². The molecule has 0 bridgehead atoms. The maximum Gasteiger partial charge on any atom is 0.332 e. The monoisotopic (exact) mass is 488 g/mol. The van der Waals surface area contributed by atoms with Crippen LogP contribution in [0.2, 0.25) is 5.02 Å². The van der Waals surface area contributed by atoms with Crippen molar-refractivity contribution in [1.29, 1.82) is 0 Å². The van der Waals surface area contributed by atoms with Crippen LogP contribution in [0, 0.1) is 0 Å². The minimum Gasteiger partial charge on any atom is -0.379 e. The highest BCUT2D eigenvalue weighted by molar-refractivity contribution is 6.30. The number of morpholine rings is 1. The number of halogens is 1. The third-order valence-electron chi connectivity index (χ3n) is 6.25. The van der Waals surface area contributed by atoms with Crippen LogP contribution in [0.15, 0.2) is 40.2 Å². The van der Waals surface area contributed by atoms with Crippen LogP contribution in [0.4, 0.5) is 0 Å². The highest BCUT2D eigenvalue weighted by Crippen LogP contribution is 2.23. The van der Waals surface area contributed by atoms with E-state index < -0.39 is 11.2 Å². The van der Waals surface area contributed by atoms with Gasteiger partial charge >= 0.3 is 5.69 Å². The van der Waals surface area contributed by atoms with Crippen molar-refractivity contribution in [3.8, 4) is 0 Å². The Kier molecular flexibility index (Phi) is 7.50. The molecular weight excluding hydrogens is 460 g/mol. The van der Waals surface area contributed by atoms with Gasteiger partial charge in [-0.05, 0) is 24.1 Å². The minimum absolute atomic E-state index is 0.0343. The number of benzene rings is 1. The molecule has 1 aliphatic rings. The second kappa shape index (κ2) is 10.5. The summed E-state index contributed by atoms with van der Waals surface area (Å²) in [5, 5.41) is 3.73. The lowest BCUT2D eigenvalue weighted by atomic mass is 10.0. The molecule has 1 saturated heterocycles. The maximum absolute atomic E-state index is 12.6. The molecule has 1 aliphatic heterocycles. The number of carbonyl (C=O) groups is 1. The number of hydrogen-bond donors (Lipinski definition) is 1. The maximum atomic E-state index is 12.6. The van der Waals surface area contributed by atoms with Crippen LogP contribution in [-0.2, 0) is 30.2 Å². The van der Waals surface area contributed by atoms with Crippen LogP contribution in [-0.4, -0.2) is 62.3 Å². The standard InChI is InChI=1S/C23H29ClN6O4/c1-27-21-20(22(32)28(2)23(27)33)30(15-26-21)9-3-4-19(31)25-14-18(29-10-12-34-13-11-29)16-5-7-17(24)8-6-16/h5-8,15,18H,3-4,9-14H2,1-2H3,(H,25,31). The molecule has 0 saturated carbocycles. The van der Waals surface area contributed by atoms with Gasteiger partial charge in [-0.2, -0.15) is 0 Å². The molecule has 1 unspecified atom stereocenters. The highest BCUT2D eigenvalue weighted by atomic mass is 35.5. The first kappa shape index (κ1) is 24.2. The third-order valence-corrected chi connectivity index (χ3v) is 6.51. The predicted molar refractivity (Wildman–Crippen MR) is 129 cm³/mol. The number of nitrogens with zero attached hydrogens (tertiary/aromatic N) is 5. The van der Waals surface area contributed by atoms with Crippen LogP contribution < -0.4 is 16.6 Å². The molecule has 0 radical (unpaired) electrons. The molecule has 34 heavy (non-hydrogen) atoms. The zero-order valence-corrected chi connectivity index (χ0v) is 20.1. The number of hydrogen-bond acceptors (Lipinski definition) is 6. The summed E-state index contributed by atoms with van der Waals surface area (Å²) in [7, 11) is 3.03. The fraction of sp³-hybridized carbons (Fsp3) is 0.478. The quantitative estimate of drug-likeness (QED) is 0.508. The fourth-order valence-electron chi connectivity index (χ4n) is 4.31. The van der Waals surface area contributed by atoms with Gasteiger partial charge in [-0.3, -0.25) is 23.6 Å². The number of aromatic nitrogens is 4. The number of aryl methyl sites for hydroxylation is 2. The van der Waals surface area contributed by atoms with Gasteiger partial charge in [-0.1, -0.05) is 23.7 Å². The lowest BCUT2D eigenvalue weighted by Gasteiger charge is -2.35. The SMILES string of the molecule is Cn1c(=O)c2c(ncn2CCCC(=O)NCC(c2ccc(Cl)cc2)N2CCOCC2)n(C)c1=O. The van der Waals surface area contributed by atoms with Crippen molar-refractivity contribution in [2.45, 2.75) is 25.4 Å². The smallest absolute Gasteiger partial charge is 0.332 e. The largest absolute Gasteiger partial charge is 0.379 e. The van der Waals surface area contributed by atoms with Crippen LogP contribution in [0.1, 0.15) is 24.4 Å². The van der Waals surface area contributed by atoms with Crippen LogP contribution in [0.3, 0.4) is 0 Å². The molecule has 3 aromatic rings. The van der Waals surface area contributed by atoms with E-state index in [2.05, 4.69) is 15.2 Å². The van der Waals surface area contributed by atoms with E-state index in [9.17, 15) is 14.4 Å². The van der Waals surface area contributed by atoms with Gasteiger partial charge in [-0.15, -0.1) is 0 Å². The molecule has 2 aromatic heterocycles. The minimum atomic E-state index is -0.419. The fourth-order valence-corrected chi connectivity index (χ4v) is 4.43. The van der Waals surface area contributed by atoms with E-state index in [-0.39, 0.29) is 11.9 Å². The summed E-state index contributed by atoms with van der Waals surface area (Å²) in [6.45, 7) is 3.87. The number of amides is 1. The van der Waals surface area contributed by atoms with E-state index in [0.717, 1.165) is 23.2 Å². The summed E-state index contributed by atoms with van der Waals surface area (Å²) < 4.78 is 9.60. The zero-order chi connectivity index (χ0) is 24.2. The molecule has 1 fully saturated rings. The normalized spacial score (nSPS) is 15.5. The predicted octanol–water partition coefficient (Wildman–Crippen LogP) is 1.06.